The molecule has 0 fully saturated rings. The number of benzene rings is 1. The summed E-state index contributed by atoms with van der Waals surface area (Å²) in [5.74, 6) is -5.02. The fourth-order valence-electron chi connectivity index (χ4n) is 1.32. The molecule has 0 spiro atoms. The van der Waals surface area contributed by atoms with Gasteiger partial charge in [-0.25, -0.2) is 22.0 Å². The molecule has 1 N–H and O–H groups in total. The highest BCUT2D eigenvalue weighted by Crippen LogP contribution is 2.23. The van der Waals surface area contributed by atoms with Gasteiger partial charge in [0.2, 0.25) is 0 Å². The molecule has 1 aromatic carbocycles. The third kappa shape index (κ3) is 3.89. The maximum Gasteiger partial charge on any atom is 0.335 e. The Labute approximate surface area is 115 Å². The summed E-state index contributed by atoms with van der Waals surface area (Å²) in [6, 6.07) is 1.22. The van der Waals surface area contributed by atoms with E-state index in [0.29, 0.717) is 12.1 Å². The van der Waals surface area contributed by atoms with Gasteiger partial charge in [0.05, 0.1) is 16.6 Å². The lowest BCUT2D eigenvalue weighted by atomic mass is 10.2. The second kappa shape index (κ2) is 6.17. The SMILES string of the molecule is CC(C)S(=O)(=O)CCOc1c(F)cc(C(=O)O)cc1F. The number of sulfone groups is 1. The van der Waals surface area contributed by atoms with Gasteiger partial charge in [-0.3, -0.25) is 0 Å². The van der Waals surface area contributed by atoms with Crippen LogP contribution in [0, 0.1) is 11.6 Å². The van der Waals surface area contributed by atoms with E-state index in [4.69, 9.17) is 9.84 Å². The highest BCUT2D eigenvalue weighted by molar-refractivity contribution is 7.91. The molecular formula is C12H14F2O5S. The van der Waals surface area contributed by atoms with Crippen molar-refractivity contribution in [2.45, 2.75) is 19.1 Å². The first-order valence-electron chi connectivity index (χ1n) is 5.72. The quantitative estimate of drug-likeness (QED) is 0.867. The van der Waals surface area contributed by atoms with E-state index in [-0.39, 0.29) is 5.75 Å². The Hall–Kier alpha value is -1.70. The lowest BCUT2D eigenvalue weighted by Gasteiger charge is -2.11. The highest BCUT2D eigenvalue weighted by Gasteiger charge is 2.19. The van der Waals surface area contributed by atoms with Crippen LogP contribution < -0.4 is 4.74 Å². The smallest absolute Gasteiger partial charge is 0.335 e. The van der Waals surface area contributed by atoms with Gasteiger partial charge in [0.25, 0.3) is 0 Å². The first kappa shape index (κ1) is 16.4. The molecule has 0 atom stereocenters. The Bertz CT molecular complexity index is 587. The Balaban J connectivity index is 2.82. The summed E-state index contributed by atoms with van der Waals surface area (Å²) in [5, 5.41) is 8.00. The Morgan fingerprint density at radius 2 is 1.80 bits per heavy atom. The van der Waals surface area contributed by atoms with E-state index in [1.54, 1.807) is 0 Å². The summed E-state index contributed by atoms with van der Waals surface area (Å²) in [6.07, 6.45) is 0. The van der Waals surface area contributed by atoms with E-state index in [2.05, 4.69) is 0 Å². The number of hydrogen-bond acceptors (Lipinski definition) is 4. The molecule has 0 unspecified atom stereocenters. The predicted octanol–water partition coefficient (Wildman–Crippen LogP) is 1.87. The maximum absolute atomic E-state index is 13.5. The van der Waals surface area contributed by atoms with Crippen molar-refractivity contribution in [3.05, 3.63) is 29.3 Å². The lowest BCUT2D eigenvalue weighted by molar-refractivity contribution is 0.0695. The zero-order valence-electron chi connectivity index (χ0n) is 10.9. The molecule has 1 rings (SSSR count). The van der Waals surface area contributed by atoms with Crippen molar-refractivity contribution in [1.29, 1.82) is 0 Å². The second-order valence-corrected chi connectivity index (χ2v) is 7.02. The molecule has 0 saturated carbocycles. The van der Waals surface area contributed by atoms with E-state index >= 15 is 0 Å². The van der Waals surface area contributed by atoms with Crippen LogP contribution in [0.1, 0.15) is 24.2 Å². The molecule has 20 heavy (non-hydrogen) atoms. The highest BCUT2D eigenvalue weighted by atomic mass is 32.2. The average molecular weight is 308 g/mol. The van der Waals surface area contributed by atoms with Gasteiger partial charge >= 0.3 is 5.97 Å². The molecule has 0 heterocycles. The van der Waals surface area contributed by atoms with Gasteiger partial charge in [0.1, 0.15) is 6.61 Å². The Morgan fingerprint density at radius 1 is 1.30 bits per heavy atom. The molecule has 0 saturated heterocycles. The van der Waals surface area contributed by atoms with Crippen LogP contribution >= 0.6 is 0 Å². The standard InChI is InChI=1S/C12H14F2O5S/c1-7(2)20(17,18)4-3-19-11-9(13)5-8(12(15)16)6-10(11)14/h5-7H,3-4H2,1-2H3,(H,15,16). The Morgan fingerprint density at radius 3 is 2.20 bits per heavy atom. The summed E-state index contributed by atoms with van der Waals surface area (Å²) >= 11 is 0. The molecule has 5 nitrogen and oxygen atoms in total. The number of halogens is 2. The fraction of sp³-hybridized carbons (Fsp3) is 0.417. The summed E-state index contributed by atoms with van der Waals surface area (Å²) in [4.78, 5) is 10.6. The van der Waals surface area contributed by atoms with Crippen LogP contribution in [0.25, 0.3) is 0 Å². The molecule has 0 radical (unpaired) electrons. The third-order valence-corrected chi connectivity index (χ3v) is 4.75. The second-order valence-electron chi connectivity index (χ2n) is 4.34. The largest absolute Gasteiger partial charge is 0.487 e. The molecule has 1 aromatic rings. The van der Waals surface area contributed by atoms with Gasteiger partial charge in [-0.05, 0) is 26.0 Å². The van der Waals surface area contributed by atoms with Crippen molar-refractivity contribution >= 4 is 15.8 Å². The van der Waals surface area contributed by atoms with Crippen LogP contribution in [-0.4, -0.2) is 37.1 Å². The summed E-state index contributed by atoms with van der Waals surface area (Å²) in [5.41, 5.74) is -0.554. The topological polar surface area (TPSA) is 80.7 Å². The van der Waals surface area contributed by atoms with Crippen LogP contribution in [-0.2, 0) is 9.84 Å². The van der Waals surface area contributed by atoms with Crippen molar-refractivity contribution in [3.63, 3.8) is 0 Å². The van der Waals surface area contributed by atoms with Gasteiger partial charge in [0, 0.05) is 0 Å². The summed E-state index contributed by atoms with van der Waals surface area (Å²) < 4.78 is 54.7. The molecular weight excluding hydrogens is 294 g/mol. The lowest BCUT2D eigenvalue weighted by Crippen LogP contribution is -2.22. The fourth-order valence-corrected chi connectivity index (χ4v) is 2.10. The van der Waals surface area contributed by atoms with Gasteiger partial charge in [-0.2, -0.15) is 0 Å². The third-order valence-electron chi connectivity index (χ3n) is 2.58. The van der Waals surface area contributed by atoms with Gasteiger partial charge in [-0.1, -0.05) is 0 Å². The molecule has 0 aromatic heterocycles. The normalized spacial score (nSPS) is 11.7. The number of carboxylic acids is 1. The zero-order chi connectivity index (χ0) is 15.5. The molecule has 112 valence electrons. The van der Waals surface area contributed by atoms with E-state index in [1.165, 1.54) is 13.8 Å². The number of carboxylic acid groups (broad SMARTS) is 1. The van der Waals surface area contributed by atoms with E-state index in [0.717, 1.165) is 0 Å². The summed E-state index contributed by atoms with van der Waals surface area (Å²) in [6.45, 7) is 2.55. The first-order chi connectivity index (χ1) is 9.15. The predicted molar refractivity (Wildman–Crippen MR) is 67.7 cm³/mol. The van der Waals surface area contributed by atoms with E-state index < -0.39 is 50.6 Å². The number of ether oxygens (including phenoxy) is 1. The van der Waals surface area contributed by atoms with Crippen LogP contribution in [0.2, 0.25) is 0 Å². The average Bonchev–Trinajstić information content (AvgIpc) is 2.31. The maximum atomic E-state index is 13.5. The van der Waals surface area contributed by atoms with Crippen LogP contribution in [0.4, 0.5) is 8.78 Å². The van der Waals surface area contributed by atoms with Crippen molar-refractivity contribution in [1.82, 2.24) is 0 Å². The first-order valence-corrected chi connectivity index (χ1v) is 7.43. The van der Waals surface area contributed by atoms with Crippen molar-refractivity contribution in [2.75, 3.05) is 12.4 Å². The van der Waals surface area contributed by atoms with Crippen molar-refractivity contribution < 1.29 is 31.8 Å². The Kier molecular flexibility index (Phi) is 5.04. The molecule has 0 aliphatic carbocycles. The minimum absolute atomic E-state index is 0.385. The van der Waals surface area contributed by atoms with E-state index in [1.807, 2.05) is 0 Å². The molecule has 0 bridgehead atoms. The van der Waals surface area contributed by atoms with Gasteiger partial charge < -0.3 is 9.84 Å². The van der Waals surface area contributed by atoms with Crippen LogP contribution in [0.15, 0.2) is 12.1 Å². The summed E-state index contributed by atoms with van der Waals surface area (Å²) in [7, 11) is -3.38. The van der Waals surface area contributed by atoms with Crippen molar-refractivity contribution in [2.24, 2.45) is 0 Å². The number of aromatic carboxylic acids is 1. The number of carbonyl (C=O) groups is 1. The molecule has 0 amide bonds. The van der Waals surface area contributed by atoms with Crippen LogP contribution in [0.3, 0.4) is 0 Å². The van der Waals surface area contributed by atoms with Gasteiger partial charge in [0.15, 0.2) is 27.2 Å². The monoisotopic (exact) mass is 308 g/mol. The van der Waals surface area contributed by atoms with E-state index in [9.17, 15) is 22.0 Å². The molecule has 0 aliphatic heterocycles. The molecule has 8 heteroatoms. The minimum Gasteiger partial charge on any atom is -0.487 e. The number of rotatable bonds is 6. The molecule has 0 aliphatic rings. The van der Waals surface area contributed by atoms with Crippen molar-refractivity contribution in [3.8, 4) is 5.75 Å². The van der Waals surface area contributed by atoms with Crippen LogP contribution in [0.5, 0.6) is 5.75 Å². The minimum atomic E-state index is -3.38. The van der Waals surface area contributed by atoms with Gasteiger partial charge in [-0.15, -0.1) is 0 Å². The number of hydrogen-bond donors (Lipinski definition) is 1. The zero-order valence-corrected chi connectivity index (χ0v) is 11.7.